The quantitative estimate of drug-likeness (QED) is 0.627. The van der Waals surface area contributed by atoms with E-state index in [0.29, 0.717) is 12.3 Å². The SMILES string of the molecule is Fc1ccc(Br)cc1CCNCCCCl. The molecule has 84 valence electrons. The van der Waals surface area contributed by atoms with Crippen LogP contribution >= 0.6 is 27.5 Å². The van der Waals surface area contributed by atoms with Gasteiger partial charge in [-0.1, -0.05) is 15.9 Å². The maximum atomic E-state index is 13.3. The fraction of sp³-hybridized carbons (Fsp3) is 0.455. The minimum absolute atomic E-state index is 0.141. The Hall–Kier alpha value is -0.120. The van der Waals surface area contributed by atoms with E-state index in [1.54, 1.807) is 6.07 Å². The highest BCUT2D eigenvalue weighted by Crippen LogP contribution is 2.15. The van der Waals surface area contributed by atoms with E-state index < -0.39 is 0 Å². The molecule has 15 heavy (non-hydrogen) atoms. The minimum Gasteiger partial charge on any atom is -0.316 e. The van der Waals surface area contributed by atoms with E-state index in [1.807, 2.05) is 6.07 Å². The molecule has 1 rings (SSSR count). The van der Waals surface area contributed by atoms with Crippen LogP contribution in [0.4, 0.5) is 4.39 Å². The second-order valence-corrected chi connectivity index (χ2v) is 4.57. The first kappa shape index (κ1) is 12.9. The zero-order valence-corrected chi connectivity index (χ0v) is 10.7. The second kappa shape index (κ2) is 7.20. The van der Waals surface area contributed by atoms with Gasteiger partial charge in [-0.05, 0) is 49.7 Å². The third kappa shape index (κ3) is 4.96. The maximum Gasteiger partial charge on any atom is 0.126 e. The summed E-state index contributed by atoms with van der Waals surface area (Å²) < 4.78 is 14.2. The minimum atomic E-state index is -0.141. The molecular weight excluding hydrogens is 280 g/mol. The van der Waals surface area contributed by atoms with Gasteiger partial charge in [-0.15, -0.1) is 11.6 Å². The van der Waals surface area contributed by atoms with Crippen LogP contribution < -0.4 is 5.32 Å². The van der Waals surface area contributed by atoms with Gasteiger partial charge in [0.2, 0.25) is 0 Å². The number of halogens is 3. The monoisotopic (exact) mass is 293 g/mol. The lowest BCUT2D eigenvalue weighted by Crippen LogP contribution is -2.19. The van der Waals surface area contributed by atoms with Crippen molar-refractivity contribution in [3.8, 4) is 0 Å². The molecule has 0 unspecified atom stereocenters. The average Bonchev–Trinajstić information content (AvgIpc) is 2.23. The van der Waals surface area contributed by atoms with Crippen LogP contribution in [0.15, 0.2) is 22.7 Å². The summed E-state index contributed by atoms with van der Waals surface area (Å²) in [6, 6.07) is 5.01. The largest absolute Gasteiger partial charge is 0.316 e. The zero-order chi connectivity index (χ0) is 11.1. The summed E-state index contributed by atoms with van der Waals surface area (Å²) in [4.78, 5) is 0. The fourth-order valence-electron chi connectivity index (χ4n) is 1.27. The van der Waals surface area contributed by atoms with Gasteiger partial charge in [0.15, 0.2) is 0 Å². The van der Waals surface area contributed by atoms with E-state index in [2.05, 4.69) is 21.2 Å². The normalized spacial score (nSPS) is 10.6. The van der Waals surface area contributed by atoms with Crippen molar-refractivity contribution in [2.24, 2.45) is 0 Å². The molecule has 0 aliphatic carbocycles. The van der Waals surface area contributed by atoms with Gasteiger partial charge >= 0.3 is 0 Å². The number of hydrogen-bond donors (Lipinski definition) is 1. The Balaban J connectivity index is 2.33. The Morgan fingerprint density at radius 2 is 2.13 bits per heavy atom. The highest BCUT2D eigenvalue weighted by atomic mass is 79.9. The summed E-state index contributed by atoms with van der Waals surface area (Å²) in [6.07, 6.45) is 1.65. The van der Waals surface area contributed by atoms with Crippen molar-refractivity contribution in [2.45, 2.75) is 12.8 Å². The highest BCUT2D eigenvalue weighted by Gasteiger charge is 2.01. The molecule has 1 aromatic rings. The molecule has 0 heterocycles. The van der Waals surface area contributed by atoms with Crippen LogP contribution in [-0.2, 0) is 6.42 Å². The lowest BCUT2D eigenvalue weighted by Gasteiger charge is -2.05. The van der Waals surface area contributed by atoms with Gasteiger partial charge in [-0.25, -0.2) is 4.39 Å². The molecule has 0 aliphatic rings. The molecule has 4 heteroatoms. The van der Waals surface area contributed by atoms with E-state index >= 15 is 0 Å². The summed E-state index contributed by atoms with van der Waals surface area (Å²) in [7, 11) is 0. The van der Waals surface area contributed by atoms with Crippen molar-refractivity contribution in [3.63, 3.8) is 0 Å². The van der Waals surface area contributed by atoms with Gasteiger partial charge < -0.3 is 5.32 Å². The van der Waals surface area contributed by atoms with E-state index in [9.17, 15) is 4.39 Å². The molecule has 1 aromatic carbocycles. The first-order valence-electron chi connectivity index (χ1n) is 4.94. The Kier molecular flexibility index (Phi) is 6.22. The van der Waals surface area contributed by atoms with E-state index in [0.717, 1.165) is 29.5 Å². The summed E-state index contributed by atoms with van der Waals surface area (Å²) >= 11 is 8.86. The van der Waals surface area contributed by atoms with Crippen molar-refractivity contribution in [3.05, 3.63) is 34.1 Å². The molecule has 0 aliphatic heterocycles. The van der Waals surface area contributed by atoms with Crippen LogP contribution in [-0.4, -0.2) is 19.0 Å². The van der Waals surface area contributed by atoms with Crippen LogP contribution in [0.1, 0.15) is 12.0 Å². The van der Waals surface area contributed by atoms with Crippen LogP contribution in [0.2, 0.25) is 0 Å². The lowest BCUT2D eigenvalue weighted by molar-refractivity contribution is 0.596. The van der Waals surface area contributed by atoms with E-state index in [-0.39, 0.29) is 5.82 Å². The lowest BCUT2D eigenvalue weighted by atomic mass is 10.1. The van der Waals surface area contributed by atoms with Gasteiger partial charge in [0.1, 0.15) is 5.82 Å². The Labute approximate surface area is 103 Å². The summed E-state index contributed by atoms with van der Waals surface area (Å²) in [5.74, 6) is 0.524. The first-order valence-corrected chi connectivity index (χ1v) is 6.27. The van der Waals surface area contributed by atoms with E-state index in [1.165, 1.54) is 6.07 Å². The predicted molar refractivity (Wildman–Crippen MR) is 66.0 cm³/mol. The van der Waals surface area contributed by atoms with Crippen molar-refractivity contribution in [1.82, 2.24) is 5.32 Å². The fourth-order valence-corrected chi connectivity index (χ4v) is 1.82. The number of benzene rings is 1. The zero-order valence-electron chi connectivity index (χ0n) is 8.40. The number of nitrogens with one attached hydrogen (secondary N) is 1. The Bertz CT molecular complexity index is 307. The van der Waals surface area contributed by atoms with Crippen LogP contribution in [0, 0.1) is 5.82 Å². The standard InChI is InChI=1S/C11H14BrClFN/c12-10-2-3-11(14)9(8-10)4-7-15-6-1-5-13/h2-3,8,15H,1,4-7H2. The molecule has 0 bridgehead atoms. The van der Waals surface area contributed by atoms with Crippen LogP contribution in [0.25, 0.3) is 0 Å². The molecular formula is C11H14BrClFN. The van der Waals surface area contributed by atoms with Crippen LogP contribution in [0.3, 0.4) is 0 Å². The topological polar surface area (TPSA) is 12.0 Å². The molecule has 0 fully saturated rings. The predicted octanol–water partition coefficient (Wildman–Crippen LogP) is 3.35. The summed E-state index contributed by atoms with van der Waals surface area (Å²) in [5, 5.41) is 3.22. The third-order valence-electron chi connectivity index (χ3n) is 2.07. The molecule has 0 spiro atoms. The van der Waals surface area contributed by atoms with E-state index in [4.69, 9.17) is 11.6 Å². The van der Waals surface area contributed by atoms with Gasteiger partial charge in [-0.2, -0.15) is 0 Å². The first-order chi connectivity index (χ1) is 7.24. The van der Waals surface area contributed by atoms with Crippen molar-refractivity contribution in [2.75, 3.05) is 19.0 Å². The van der Waals surface area contributed by atoms with Gasteiger partial charge in [0, 0.05) is 10.4 Å². The molecule has 0 saturated carbocycles. The van der Waals surface area contributed by atoms with Crippen molar-refractivity contribution >= 4 is 27.5 Å². The number of alkyl halides is 1. The van der Waals surface area contributed by atoms with Crippen molar-refractivity contribution in [1.29, 1.82) is 0 Å². The molecule has 0 saturated heterocycles. The second-order valence-electron chi connectivity index (χ2n) is 3.28. The van der Waals surface area contributed by atoms with Gasteiger partial charge in [0.25, 0.3) is 0 Å². The Morgan fingerprint density at radius 1 is 1.33 bits per heavy atom. The van der Waals surface area contributed by atoms with Crippen LogP contribution in [0.5, 0.6) is 0 Å². The smallest absolute Gasteiger partial charge is 0.126 e. The highest BCUT2D eigenvalue weighted by molar-refractivity contribution is 9.10. The molecule has 0 aromatic heterocycles. The van der Waals surface area contributed by atoms with Gasteiger partial charge in [-0.3, -0.25) is 0 Å². The molecule has 0 atom stereocenters. The average molecular weight is 295 g/mol. The molecule has 0 amide bonds. The Morgan fingerprint density at radius 3 is 2.87 bits per heavy atom. The molecule has 1 N–H and O–H groups in total. The summed E-state index contributed by atoms with van der Waals surface area (Å²) in [6.45, 7) is 1.67. The molecule has 1 nitrogen and oxygen atoms in total. The maximum absolute atomic E-state index is 13.3. The number of rotatable bonds is 6. The number of hydrogen-bond acceptors (Lipinski definition) is 1. The third-order valence-corrected chi connectivity index (χ3v) is 2.83. The molecule has 0 radical (unpaired) electrons. The van der Waals surface area contributed by atoms with Gasteiger partial charge in [0.05, 0.1) is 0 Å². The summed E-state index contributed by atoms with van der Waals surface area (Å²) in [5.41, 5.74) is 0.739. The van der Waals surface area contributed by atoms with Crippen molar-refractivity contribution < 1.29 is 4.39 Å².